The van der Waals surface area contributed by atoms with Gasteiger partial charge in [-0.25, -0.2) is 9.78 Å². The molecule has 0 saturated carbocycles. The highest BCUT2D eigenvalue weighted by Crippen LogP contribution is 1.90. The zero-order valence-electron chi connectivity index (χ0n) is 6.60. The van der Waals surface area contributed by atoms with Crippen LogP contribution in [0.4, 0.5) is 0 Å². The molecule has 1 aromatic heterocycles. The van der Waals surface area contributed by atoms with Crippen LogP contribution in [0.15, 0.2) is 24.4 Å². The molecule has 0 aliphatic rings. The number of carboxylic acids is 1. The lowest BCUT2D eigenvalue weighted by atomic mass is 10.4. The maximum absolute atomic E-state index is 10.1. The first kappa shape index (κ1) is 10.3. The number of rotatable bonds is 1. The highest BCUT2D eigenvalue weighted by atomic mass is 16.4. The summed E-state index contributed by atoms with van der Waals surface area (Å²) in [5.41, 5.74) is 0.0810. The molecule has 1 heterocycles. The quantitative estimate of drug-likeness (QED) is 0.633. The molecule has 1 rings (SSSR count). The van der Waals surface area contributed by atoms with E-state index in [-0.39, 0.29) is 5.69 Å². The second-order valence-corrected chi connectivity index (χ2v) is 1.76. The predicted octanol–water partition coefficient (Wildman–Crippen LogP) is 0.985. The minimum absolute atomic E-state index is 0.0810. The van der Waals surface area contributed by atoms with E-state index in [0.29, 0.717) is 0 Å². The molecule has 0 saturated heterocycles. The highest BCUT2D eigenvalue weighted by molar-refractivity contribution is 5.85. The minimum atomic E-state index is -0.990. The number of hydrogen-bond acceptors (Lipinski definition) is 3. The van der Waals surface area contributed by atoms with Crippen molar-refractivity contribution in [3.8, 4) is 0 Å². The normalized spacial score (nSPS) is 7.75. The van der Waals surface area contributed by atoms with E-state index in [9.17, 15) is 4.79 Å². The third-order valence-electron chi connectivity index (χ3n) is 0.884. The summed E-state index contributed by atoms with van der Waals surface area (Å²) in [4.78, 5) is 22.5. The van der Waals surface area contributed by atoms with Crippen molar-refractivity contribution >= 4 is 12.3 Å². The van der Waals surface area contributed by atoms with Crippen LogP contribution in [-0.2, 0) is 4.79 Å². The molecule has 0 aliphatic carbocycles. The van der Waals surface area contributed by atoms with Crippen molar-refractivity contribution in [2.45, 2.75) is 6.92 Å². The van der Waals surface area contributed by atoms with E-state index in [0.717, 1.165) is 6.29 Å². The average Bonchev–Trinajstić information content (AvgIpc) is 2.07. The average molecular weight is 167 g/mol. The molecule has 0 spiro atoms. The lowest BCUT2D eigenvalue weighted by Gasteiger charge is -1.87. The summed E-state index contributed by atoms with van der Waals surface area (Å²) in [6.07, 6.45) is 2.20. The van der Waals surface area contributed by atoms with Gasteiger partial charge in [0.25, 0.3) is 0 Å². The first-order valence-corrected chi connectivity index (χ1v) is 3.26. The Bertz CT molecular complexity index is 246. The van der Waals surface area contributed by atoms with Gasteiger partial charge in [0.05, 0.1) is 0 Å². The van der Waals surface area contributed by atoms with Gasteiger partial charge in [-0.15, -0.1) is 0 Å². The second kappa shape index (κ2) is 6.03. The van der Waals surface area contributed by atoms with Crippen molar-refractivity contribution in [1.29, 1.82) is 0 Å². The SMILES string of the molecule is CC=O.O=C(O)c1ccccn1. The first-order chi connectivity index (χ1) is 5.72. The number of carboxylic acid groups (broad SMARTS) is 1. The Labute approximate surface area is 69.9 Å². The number of aromatic nitrogens is 1. The molecule has 4 heteroatoms. The number of aromatic carboxylic acids is 1. The van der Waals surface area contributed by atoms with Crippen molar-refractivity contribution in [2.24, 2.45) is 0 Å². The molecule has 1 aromatic rings. The standard InChI is InChI=1S/C6H5NO2.C2H4O/c8-6(9)5-3-1-2-4-7-5;1-2-3/h1-4H,(H,8,9);2H,1H3. The molecule has 0 atom stereocenters. The third-order valence-corrected chi connectivity index (χ3v) is 0.884. The van der Waals surface area contributed by atoms with E-state index in [1.165, 1.54) is 19.2 Å². The van der Waals surface area contributed by atoms with Gasteiger partial charge >= 0.3 is 5.97 Å². The summed E-state index contributed by atoms with van der Waals surface area (Å²) in [6, 6.07) is 4.76. The number of carbonyl (C=O) groups is 2. The van der Waals surface area contributed by atoms with Crippen molar-refractivity contribution in [3.05, 3.63) is 30.1 Å². The summed E-state index contributed by atoms with van der Waals surface area (Å²) in [5.74, 6) is -0.990. The van der Waals surface area contributed by atoms with E-state index in [1.807, 2.05) is 0 Å². The molecule has 64 valence electrons. The highest BCUT2D eigenvalue weighted by Gasteiger charge is 1.98. The fourth-order valence-electron chi connectivity index (χ4n) is 0.489. The third kappa shape index (κ3) is 4.16. The van der Waals surface area contributed by atoms with Crippen LogP contribution in [0.5, 0.6) is 0 Å². The molecule has 4 nitrogen and oxygen atoms in total. The number of carbonyl (C=O) groups excluding carboxylic acids is 1. The lowest BCUT2D eigenvalue weighted by Crippen LogP contribution is -1.97. The second-order valence-electron chi connectivity index (χ2n) is 1.76. The maximum atomic E-state index is 10.1. The van der Waals surface area contributed by atoms with E-state index < -0.39 is 5.97 Å². The van der Waals surface area contributed by atoms with E-state index in [2.05, 4.69) is 4.98 Å². The number of pyridine rings is 1. The topological polar surface area (TPSA) is 67.3 Å². The predicted molar refractivity (Wildman–Crippen MR) is 42.9 cm³/mol. The van der Waals surface area contributed by atoms with E-state index in [4.69, 9.17) is 9.90 Å². The van der Waals surface area contributed by atoms with Crippen LogP contribution in [0.1, 0.15) is 17.4 Å². The van der Waals surface area contributed by atoms with Gasteiger partial charge in [-0.3, -0.25) is 0 Å². The molecular weight excluding hydrogens is 158 g/mol. The fraction of sp³-hybridized carbons (Fsp3) is 0.125. The summed E-state index contributed by atoms with van der Waals surface area (Å²) in [7, 11) is 0. The summed E-state index contributed by atoms with van der Waals surface area (Å²) in [6.45, 7) is 1.44. The number of nitrogens with zero attached hydrogens (tertiary/aromatic N) is 1. The molecule has 0 fully saturated rings. The van der Waals surface area contributed by atoms with Gasteiger partial charge in [-0.2, -0.15) is 0 Å². The van der Waals surface area contributed by atoms with E-state index >= 15 is 0 Å². The number of aldehydes is 1. The maximum Gasteiger partial charge on any atom is 0.354 e. The molecule has 0 radical (unpaired) electrons. The van der Waals surface area contributed by atoms with Crippen LogP contribution >= 0.6 is 0 Å². The Kier molecular flexibility index (Phi) is 5.17. The molecule has 1 N–H and O–H groups in total. The fourth-order valence-corrected chi connectivity index (χ4v) is 0.489. The Morgan fingerprint density at radius 2 is 2.17 bits per heavy atom. The molecule has 0 aliphatic heterocycles. The number of hydrogen-bond donors (Lipinski definition) is 1. The van der Waals surface area contributed by atoms with Crippen LogP contribution in [0, 0.1) is 0 Å². The zero-order chi connectivity index (χ0) is 9.40. The molecule has 0 amide bonds. The van der Waals surface area contributed by atoms with Gasteiger partial charge in [-0.05, 0) is 19.1 Å². The largest absolute Gasteiger partial charge is 0.477 e. The molecular formula is C8H9NO3. The van der Waals surface area contributed by atoms with Gasteiger partial charge in [0, 0.05) is 6.20 Å². The summed E-state index contributed by atoms with van der Waals surface area (Å²) < 4.78 is 0. The van der Waals surface area contributed by atoms with Crippen LogP contribution in [0.25, 0.3) is 0 Å². The monoisotopic (exact) mass is 167 g/mol. The van der Waals surface area contributed by atoms with Crippen LogP contribution in [0.2, 0.25) is 0 Å². The summed E-state index contributed by atoms with van der Waals surface area (Å²) >= 11 is 0. The van der Waals surface area contributed by atoms with Gasteiger partial charge in [0.2, 0.25) is 0 Å². The van der Waals surface area contributed by atoms with E-state index in [1.54, 1.807) is 12.1 Å². The first-order valence-electron chi connectivity index (χ1n) is 3.26. The van der Waals surface area contributed by atoms with Gasteiger partial charge in [-0.1, -0.05) is 6.07 Å². The van der Waals surface area contributed by atoms with Crippen LogP contribution in [0.3, 0.4) is 0 Å². The van der Waals surface area contributed by atoms with Crippen molar-refractivity contribution in [1.82, 2.24) is 4.98 Å². The Hall–Kier alpha value is -1.71. The van der Waals surface area contributed by atoms with Gasteiger partial charge < -0.3 is 9.90 Å². The van der Waals surface area contributed by atoms with Gasteiger partial charge in [0.1, 0.15) is 12.0 Å². The van der Waals surface area contributed by atoms with Crippen LogP contribution < -0.4 is 0 Å². The summed E-state index contributed by atoms with van der Waals surface area (Å²) in [5, 5.41) is 8.32. The molecule has 12 heavy (non-hydrogen) atoms. The van der Waals surface area contributed by atoms with Crippen molar-refractivity contribution in [3.63, 3.8) is 0 Å². The molecule has 0 aromatic carbocycles. The molecule has 0 unspecified atom stereocenters. The van der Waals surface area contributed by atoms with Gasteiger partial charge in [0.15, 0.2) is 0 Å². The Balaban J connectivity index is 0.000000354. The van der Waals surface area contributed by atoms with Crippen molar-refractivity contribution in [2.75, 3.05) is 0 Å². The van der Waals surface area contributed by atoms with Crippen LogP contribution in [-0.4, -0.2) is 22.3 Å². The lowest BCUT2D eigenvalue weighted by molar-refractivity contribution is -0.106. The smallest absolute Gasteiger partial charge is 0.354 e. The Morgan fingerprint density at radius 1 is 1.58 bits per heavy atom. The zero-order valence-corrected chi connectivity index (χ0v) is 6.60. The Morgan fingerprint density at radius 3 is 2.42 bits per heavy atom. The van der Waals surface area contributed by atoms with Crippen molar-refractivity contribution < 1.29 is 14.7 Å². The molecule has 0 bridgehead atoms. The minimum Gasteiger partial charge on any atom is -0.477 e.